The minimum atomic E-state index is 0.0679. The number of hydrogen-bond acceptors (Lipinski definition) is 4. The van der Waals surface area contributed by atoms with Gasteiger partial charge in [0.2, 0.25) is 0 Å². The Labute approximate surface area is 94.6 Å². The lowest BCUT2D eigenvalue weighted by Crippen LogP contribution is -2.12. The first-order valence-corrected chi connectivity index (χ1v) is 5.43. The molecule has 1 aliphatic heterocycles. The van der Waals surface area contributed by atoms with Crippen LogP contribution in [-0.2, 0) is 4.74 Å². The maximum absolute atomic E-state index is 11.9. The fourth-order valence-electron chi connectivity index (χ4n) is 1.81. The molecule has 16 heavy (non-hydrogen) atoms. The Bertz CT molecular complexity index is 372. The molecule has 0 saturated carbocycles. The molecule has 1 aromatic heterocycles. The molecule has 1 atom stereocenters. The van der Waals surface area contributed by atoms with Gasteiger partial charge in [-0.3, -0.25) is 9.78 Å². The van der Waals surface area contributed by atoms with E-state index >= 15 is 0 Å². The van der Waals surface area contributed by atoms with Crippen LogP contribution in [0.15, 0.2) is 18.5 Å². The number of pyridine rings is 1. The molecule has 0 aliphatic carbocycles. The van der Waals surface area contributed by atoms with Gasteiger partial charge in [-0.1, -0.05) is 0 Å². The van der Waals surface area contributed by atoms with Crippen molar-refractivity contribution in [2.45, 2.75) is 25.4 Å². The van der Waals surface area contributed by atoms with E-state index in [-0.39, 0.29) is 11.9 Å². The van der Waals surface area contributed by atoms with Crippen molar-refractivity contribution in [2.24, 2.45) is 0 Å². The maximum Gasteiger partial charge on any atom is 0.167 e. The van der Waals surface area contributed by atoms with Gasteiger partial charge >= 0.3 is 0 Å². The largest absolute Gasteiger partial charge is 0.495 e. The summed E-state index contributed by atoms with van der Waals surface area (Å²) in [6.07, 6.45) is 5.70. The molecular formula is C12H15NO3. The average Bonchev–Trinajstić information content (AvgIpc) is 2.82. The fourth-order valence-corrected chi connectivity index (χ4v) is 1.81. The number of Topliss-reactive ketones (excluding diaryl/α,β-unsaturated/α-hetero) is 1. The summed E-state index contributed by atoms with van der Waals surface area (Å²) in [6, 6.07) is 1.71. The topological polar surface area (TPSA) is 48.4 Å². The first-order chi connectivity index (χ1) is 7.79. The molecule has 4 nitrogen and oxygen atoms in total. The Balaban J connectivity index is 2.01. The molecule has 86 valence electrons. The third-order valence-electron chi connectivity index (χ3n) is 2.71. The highest BCUT2D eigenvalue weighted by molar-refractivity contribution is 5.96. The predicted octanol–water partition coefficient (Wildman–Crippen LogP) is 1.84. The van der Waals surface area contributed by atoms with E-state index in [0.717, 1.165) is 19.4 Å². The van der Waals surface area contributed by atoms with Crippen molar-refractivity contribution in [1.82, 2.24) is 4.98 Å². The van der Waals surface area contributed by atoms with Crippen LogP contribution in [0.25, 0.3) is 0 Å². The summed E-state index contributed by atoms with van der Waals surface area (Å²) >= 11 is 0. The SMILES string of the molecule is COc1cncc(C(=O)CC2CCCO2)c1. The van der Waals surface area contributed by atoms with Gasteiger partial charge < -0.3 is 9.47 Å². The second kappa shape index (κ2) is 5.07. The lowest BCUT2D eigenvalue weighted by Gasteiger charge is -2.08. The van der Waals surface area contributed by atoms with Gasteiger partial charge in [-0.05, 0) is 18.9 Å². The minimum absolute atomic E-state index is 0.0679. The van der Waals surface area contributed by atoms with Crippen LogP contribution < -0.4 is 4.74 Å². The number of ketones is 1. The van der Waals surface area contributed by atoms with Crippen molar-refractivity contribution < 1.29 is 14.3 Å². The van der Waals surface area contributed by atoms with Crippen LogP contribution in [-0.4, -0.2) is 30.6 Å². The Hall–Kier alpha value is -1.42. The van der Waals surface area contributed by atoms with E-state index in [1.54, 1.807) is 25.6 Å². The third kappa shape index (κ3) is 2.58. The number of rotatable bonds is 4. The van der Waals surface area contributed by atoms with E-state index in [9.17, 15) is 4.79 Å². The van der Waals surface area contributed by atoms with Gasteiger partial charge in [0.1, 0.15) is 5.75 Å². The first kappa shape index (κ1) is 11.1. The third-order valence-corrected chi connectivity index (χ3v) is 2.71. The van der Waals surface area contributed by atoms with Gasteiger partial charge in [0.25, 0.3) is 0 Å². The molecule has 0 N–H and O–H groups in total. The van der Waals surface area contributed by atoms with Crippen molar-refractivity contribution >= 4 is 5.78 Å². The Morgan fingerprint density at radius 2 is 2.50 bits per heavy atom. The van der Waals surface area contributed by atoms with Gasteiger partial charge in [-0.15, -0.1) is 0 Å². The summed E-state index contributed by atoms with van der Waals surface area (Å²) in [5, 5.41) is 0. The molecule has 2 rings (SSSR count). The summed E-state index contributed by atoms with van der Waals surface area (Å²) in [5.41, 5.74) is 0.592. The van der Waals surface area contributed by atoms with E-state index in [0.29, 0.717) is 17.7 Å². The molecule has 0 amide bonds. The van der Waals surface area contributed by atoms with Gasteiger partial charge in [0.05, 0.1) is 19.4 Å². The van der Waals surface area contributed by atoms with Crippen molar-refractivity contribution in [3.63, 3.8) is 0 Å². The predicted molar refractivity (Wildman–Crippen MR) is 58.7 cm³/mol. The molecule has 1 fully saturated rings. The van der Waals surface area contributed by atoms with Crippen LogP contribution in [0.3, 0.4) is 0 Å². The number of carbonyl (C=O) groups excluding carboxylic acids is 1. The minimum Gasteiger partial charge on any atom is -0.495 e. The Morgan fingerprint density at radius 3 is 3.19 bits per heavy atom. The van der Waals surface area contributed by atoms with Crippen molar-refractivity contribution in [3.05, 3.63) is 24.0 Å². The molecule has 1 saturated heterocycles. The Kier molecular flexibility index (Phi) is 3.51. The number of methoxy groups -OCH3 is 1. The van der Waals surface area contributed by atoms with Crippen LogP contribution in [0.4, 0.5) is 0 Å². The number of nitrogens with zero attached hydrogens (tertiary/aromatic N) is 1. The smallest absolute Gasteiger partial charge is 0.167 e. The van der Waals surface area contributed by atoms with E-state index in [1.807, 2.05) is 0 Å². The van der Waals surface area contributed by atoms with Crippen molar-refractivity contribution in [1.29, 1.82) is 0 Å². The van der Waals surface area contributed by atoms with E-state index in [1.165, 1.54) is 0 Å². The van der Waals surface area contributed by atoms with Crippen LogP contribution >= 0.6 is 0 Å². The number of carbonyl (C=O) groups is 1. The van der Waals surface area contributed by atoms with E-state index in [2.05, 4.69) is 4.98 Å². The number of aromatic nitrogens is 1. The van der Waals surface area contributed by atoms with E-state index in [4.69, 9.17) is 9.47 Å². The molecule has 1 aliphatic rings. The molecule has 0 bridgehead atoms. The Morgan fingerprint density at radius 1 is 1.62 bits per heavy atom. The zero-order chi connectivity index (χ0) is 11.4. The quantitative estimate of drug-likeness (QED) is 0.728. The van der Waals surface area contributed by atoms with Gasteiger partial charge in [-0.25, -0.2) is 0 Å². The molecule has 1 unspecified atom stereocenters. The molecule has 0 spiro atoms. The zero-order valence-corrected chi connectivity index (χ0v) is 9.31. The van der Waals surface area contributed by atoms with Crippen molar-refractivity contribution in [3.8, 4) is 5.75 Å². The molecule has 2 heterocycles. The lowest BCUT2D eigenvalue weighted by atomic mass is 10.1. The highest BCUT2D eigenvalue weighted by Gasteiger charge is 2.20. The average molecular weight is 221 g/mol. The van der Waals surface area contributed by atoms with Gasteiger partial charge in [-0.2, -0.15) is 0 Å². The second-order valence-corrected chi connectivity index (χ2v) is 3.88. The second-order valence-electron chi connectivity index (χ2n) is 3.88. The van der Waals surface area contributed by atoms with Crippen LogP contribution in [0.2, 0.25) is 0 Å². The zero-order valence-electron chi connectivity index (χ0n) is 9.31. The number of hydrogen-bond donors (Lipinski definition) is 0. The summed E-state index contributed by atoms with van der Waals surface area (Å²) in [4.78, 5) is 15.9. The van der Waals surface area contributed by atoms with Crippen LogP contribution in [0.5, 0.6) is 5.75 Å². The highest BCUT2D eigenvalue weighted by Crippen LogP contribution is 2.19. The summed E-state index contributed by atoms with van der Waals surface area (Å²) in [7, 11) is 1.56. The summed E-state index contributed by atoms with van der Waals surface area (Å²) in [5.74, 6) is 0.677. The summed E-state index contributed by atoms with van der Waals surface area (Å²) < 4.78 is 10.5. The first-order valence-electron chi connectivity index (χ1n) is 5.43. The summed E-state index contributed by atoms with van der Waals surface area (Å²) in [6.45, 7) is 0.772. The van der Waals surface area contributed by atoms with Crippen molar-refractivity contribution in [2.75, 3.05) is 13.7 Å². The molecule has 0 radical (unpaired) electrons. The van der Waals surface area contributed by atoms with E-state index < -0.39 is 0 Å². The normalized spacial score (nSPS) is 19.7. The monoisotopic (exact) mass is 221 g/mol. The van der Waals surface area contributed by atoms with Crippen LogP contribution in [0.1, 0.15) is 29.6 Å². The lowest BCUT2D eigenvalue weighted by molar-refractivity contribution is 0.0775. The maximum atomic E-state index is 11.9. The standard InChI is InChI=1S/C12H15NO3/c1-15-11-5-9(7-13-8-11)12(14)6-10-3-2-4-16-10/h5,7-8,10H,2-4,6H2,1H3. The molecular weight excluding hydrogens is 206 g/mol. The molecule has 4 heteroatoms. The van der Waals surface area contributed by atoms with Gasteiger partial charge in [0.15, 0.2) is 5.78 Å². The number of ether oxygens (including phenoxy) is 2. The fraction of sp³-hybridized carbons (Fsp3) is 0.500. The van der Waals surface area contributed by atoms with Gasteiger partial charge in [0, 0.05) is 24.8 Å². The highest BCUT2D eigenvalue weighted by atomic mass is 16.5. The van der Waals surface area contributed by atoms with Crippen LogP contribution in [0, 0.1) is 0 Å². The molecule has 0 aromatic carbocycles. The molecule has 1 aromatic rings.